The average molecular weight is 461 g/mol. The highest BCUT2D eigenvalue weighted by molar-refractivity contribution is 14.1. The van der Waals surface area contributed by atoms with Crippen molar-refractivity contribution in [3.63, 3.8) is 0 Å². The second kappa shape index (κ2) is 6.68. The lowest BCUT2D eigenvalue weighted by atomic mass is 10.0. The lowest BCUT2D eigenvalue weighted by molar-refractivity contribution is 0.174. The number of aromatic nitrogens is 1. The number of fused-ring (bicyclic) bond motifs is 2. The first-order valence-electron chi connectivity index (χ1n) is 7.93. The number of methoxy groups -OCH3 is 2. The molecule has 2 heterocycles. The van der Waals surface area contributed by atoms with Gasteiger partial charge in [-0.2, -0.15) is 0 Å². The number of hydrogen-bond acceptors (Lipinski definition) is 5. The molecule has 0 aliphatic carbocycles. The topological polar surface area (TPSA) is 49.8 Å². The Labute approximate surface area is 164 Å². The molecule has 0 saturated heterocycles. The van der Waals surface area contributed by atoms with Crippen LogP contribution in [0.2, 0.25) is 0 Å². The fourth-order valence-corrected chi connectivity index (χ4v) is 4.00. The predicted molar refractivity (Wildman–Crippen MR) is 109 cm³/mol. The lowest BCUT2D eigenvalue weighted by Gasteiger charge is -2.14. The van der Waals surface area contributed by atoms with E-state index in [-0.39, 0.29) is 6.79 Å². The third kappa shape index (κ3) is 2.56. The van der Waals surface area contributed by atoms with Crippen LogP contribution in [0.15, 0.2) is 37.0 Å². The summed E-state index contributed by atoms with van der Waals surface area (Å²) in [5, 5.41) is 1.95. The van der Waals surface area contributed by atoms with Gasteiger partial charge in [0.2, 0.25) is 6.79 Å². The fourth-order valence-electron chi connectivity index (χ4n) is 3.10. The maximum absolute atomic E-state index is 5.53. The summed E-state index contributed by atoms with van der Waals surface area (Å²) in [4.78, 5) is 4.71. The highest BCUT2D eigenvalue weighted by Gasteiger charge is 2.21. The van der Waals surface area contributed by atoms with Crippen LogP contribution >= 0.6 is 22.6 Å². The van der Waals surface area contributed by atoms with E-state index in [0.29, 0.717) is 11.5 Å². The Kier molecular flexibility index (Phi) is 4.36. The van der Waals surface area contributed by atoms with Crippen LogP contribution in [0, 0.1) is 3.57 Å². The Morgan fingerprint density at radius 2 is 1.88 bits per heavy atom. The zero-order chi connectivity index (χ0) is 18.3. The summed E-state index contributed by atoms with van der Waals surface area (Å²) < 4.78 is 22.9. The van der Waals surface area contributed by atoms with E-state index in [9.17, 15) is 0 Å². The Morgan fingerprint density at radius 1 is 1.12 bits per heavy atom. The first-order chi connectivity index (χ1) is 12.7. The summed E-state index contributed by atoms with van der Waals surface area (Å²) in [6.07, 6.45) is 3.61. The average Bonchev–Trinajstić information content (AvgIpc) is 3.13. The van der Waals surface area contributed by atoms with Gasteiger partial charge < -0.3 is 18.9 Å². The molecular formula is C20H16INO4. The minimum Gasteiger partial charge on any atom is -0.493 e. The first-order valence-corrected chi connectivity index (χ1v) is 9.01. The van der Waals surface area contributed by atoms with Crippen LogP contribution in [0.25, 0.3) is 28.1 Å². The van der Waals surface area contributed by atoms with Gasteiger partial charge in [-0.25, -0.2) is 0 Å². The van der Waals surface area contributed by atoms with E-state index in [0.717, 1.165) is 42.7 Å². The number of pyridine rings is 1. The van der Waals surface area contributed by atoms with Crippen molar-refractivity contribution in [3.05, 3.63) is 46.2 Å². The Morgan fingerprint density at radius 3 is 2.58 bits per heavy atom. The summed E-state index contributed by atoms with van der Waals surface area (Å²) in [6.45, 7) is 4.15. The predicted octanol–water partition coefficient (Wildman–Crippen LogP) is 4.90. The molecule has 0 amide bonds. The second-order valence-corrected chi connectivity index (χ2v) is 6.76. The molecule has 1 aliphatic rings. The molecule has 0 spiro atoms. The Bertz CT molecular complexity index is 1030. The quantitative estimate of drug-likeness (QED) is 0.518. The second-order valence-electron chi connectivity index (χ2n) is 5.68. The molecule has 0 unspecified atom stereocenters. The standard InChI is InChI=1S/C20H16INO4/c1-4-11-7-16-17(26-10-25-16)8-13(11)19-18(21)12-5-6-15(23-2)20(24-3)14(12)9-22-19/h4-9H,1,10H2,2-3H3. The number of rotatable bonds is 4. The summed E-state index contributed by atoms with van der Waals surface area (Å²) in [5.41, 5.74) is 2.75. The number of hydrogen-bond donors (Lipinski definition) is 0. The number of halogens is 1. The van der Waals surface area contributed by atoms with Gasteiger partial charge in [-0.3, -0.25) is 4.98 Å². The van der Waals surface area contributed by atoms with Crippen molar-refractivity contribution in [2.45, 2.75) is 0 Å². The van der Waals surface area contributed by atoms with Gasteiger partial charge in [0, 0.05) is 26.1 Å². The van der Waals surface area contributed by atoms with Gasteiger partial charge in [-0.1, -0.05) is 12.7 Å². The molecule has 5 nitrogen and oxygen atoms in total. The molecule has 4 rings (SSSR count). The molecule has 26 heavy (non-hydrogen) atoms. The van der Waals surface area contributed by atoms with E-state index < -0.39 is 0 Å². The van der Waals surface area contributed by atoms with E-state index >= 15 is 0 Å². The Balaban J connectivity index is 1.97. The van der Waals surface area contributed by atoms with Crippen LogP contribution in [0.1, 0.15) is 5.56 Å². The zero-order valence-corrected chi connectivity index (χ0v) is 16.5. The largest absolute Gasteiger partial charge is 0.493 e. The van der Waals surface area contributed by atoms with Crippen molar-refractivity contribution >= 4 is 39.4 Å². The monoisotopic (exact) mass is 461 g/mol. The molecule has 132 valence electrons. The molecular weight excluding hydrogens is 445 g/mol. The fraction of sp³-hybridized carbons (Fsp3) is 0.150. The number of benzene rings is 2. The molecule has 3 aromatic rings. The van der Waals surface area contributed by atoms with Crippen LogP contribution in [0.4, 0.5) is 0 Å². The van der Waals surface area contributed by atoms with E-state index in [4.69, 9.17) is 23.9 Å². The summed E-state index contributed by atoms with van der Waals surface area (Å²) in [7, 11) is 3.26. The van der Waals surface area contributed by atoms with E-state index in [2.05, 4.69) is 29.2 Å². The maximum Gasteiger partial charge on any atom is 0.231 e. The molecule has 0 N–H and O–H groups in total. The van der Waals surface area contributed by atoms with Crippen molar-refractivity contribution in [3.8, 4) is 34.3 Å². The molecule has 0 atom stereocenters. The van der Waals surface area contributed by atoms with Crippen LogP contribution in [0.3, 0.4) is 0 Å². The lowest BCUT2D eigenvalue weighted by Crippen LogP contribution is -1.96. The highest BCUT2D eigenvalue weighted by Crippen LogP contribution is 2.43. The van der Waals surface area contributed by atoms with Crippen LogP contribution in [0.5, 0.6) is 23.0 Å². The van der Waals surface area contributed by atoms with Gasteiger partial charge in [0.05, 0.1) is 19.9 Å². The normalized spacial score (nSPS) is 12.3. The third-order valence-electron chi connectivity index (χ3n) is 4.37. The molecule has 6 heteroatoms. The van der Waals surface area contributed by atoms with Crippen molar-refractivity contribution in [2.24, 2.45) is 0 Å². The van der Waals surface area contributed by atoms with Gasteiger partial charge in [0.15, 0.2) is 23.0 Å². The molecule has 1 aliphatic heterocycles. The molecule has 0 radical (unpaired) electrons. The van der Waals surface area contributed by atoms with Gasteiger partial charge >= 0.3 is 0 Å². The van der Waals surface area contributed by atoms with Crippen LogP contribution in [-0.2, 0) is 0 Å². The smallest absolute Gasteiger partial charge is 0.231 e. The molecule has 2 aromatic carbocycles. The van der Waals surface area contributed by atoms with Crippen molar-refractivity contribution in [1.29, 1.82) is 0 Å². The van der Waals surface area contributed by atoms with Gasteiger partial charge in [-0.15, -0.1) is 0 Å². The Hall–Kier alpha value is -2.48. The third-order valence-corrected chi connectivity index (χ3v) is 5.46. The minimum absolute atomic E-state index is 0.231. The van der Waals surface area contributed by atoms with E-state index in [1.165, 1.54) is 0 Å². The SMILES string of the molecule is C=Cc1cc2c(cc1-c1ncc3c(OC)c(OC)ccc3c1I)OCO2. The first kappa shape index (κ1) is 17.0. The zero-order valence-electron chi connectivity index (χ0n) is 14.3. The van der Waals surface area contributed by atoms with Crippen LogP contribution < -0.4 is 18.9 Å². The van der Waals surface area contributed by atoms with Crippen molar-refractivity contribution in [2.75, 3.05) is 21.0 Å². The van der Waals surface area contributed by atoms with Gasteiger partial charge in [-0.05, 0) is 52.4 Å². The van der Waals surface area contributed by atoms with Crippen molar-refractivity contribution < 1.29 is 18.9 Å². The molecule has 0 fully saturated rings. The number of nitrogens with zero attached hydrogens (tertiary/aromatic N) is 1. The number of ether oxygens (including phenoxy) is 4. The van der Waals surface area contributed by atoms with Crippen LogP contribution in [-0.4, -0.2) is 26.0 Å². The van der Waals surface area contributed by atoms with Crippen molar-refractivity contribution in [1.82, 2.24) is 4.98 Å². The summed E-state index contributed by atoms with van der Waals surface area (Å²) in [5.74, 6) is 2.80. The molecule has 0 saturated carbocycles. The summed E-state index contributed by atoms with van der Waals surface area (Å²) in [6, 6.07) is 7.81. The highest BCUT2D eigenvalue weighted by atomic mass is 127. The van der Waals surface area contributed by atoms with Gasteiger partial charge in [0.1, 0.15) is 0 Å². The molecule has 1 aromatic heterocycles. The van der Waals surface area contributed by atoms with Gasteiger partial charge in [0.25, 0.3) is 0 Å². The molecule has 0 bridgehead atoms. The minimum atomic E-state index is 0.231. The maximum atomic E-state index is 5.53. The summed E-state index contributed by atoms with van der Waals surface area (Å²) >= 11 is 2.31. The van der Waals surface area contributed by atoms with E-state index in [1.54, 1.807) is 20.3 Å². The van der Waals surface area contributed by atoms with E-state index in [1.807, 2.05) is 30.5 Å².